The number of nitrogens with two attached hydrogens (primary N) is 1. The minimum absolute atomic E-state index is 0.173. The molecule has 0 bridgehead atoms. The molecular formula is C15H26N2O. The number of benzene rings is 1. The van der Waals surface area contributed by atoms with Gasteiger partial charge in [-0.05, 0) is 25.3 Å². The van der Waals surface area contributed by atoms with E-state index in [1.165, 1.54) is 12.8 Å². The first-order valence-electron chi connectivity index (χ1n) is 6.86. The number of hydrazine groups is 1. The van der Waals surface area contributed by atoms with Crippen LogP contribution in [0.15, 0.2) is 24.3 Å². The Morgan fingerprint density at radius 2 is 1.94 bits per heavy atom. The monoisotopic (exact) mass is 250 g/mol. The molecule has 0 spiro atoms. The molecule has 0 saturated carbocycles. The normalized spacial score (nSPS) is 12.7. The van der Waals surface area contributed by atoms with E-state index in [1.54, 1.807) is 0 Å². The van der Waals surface area contributed by atoms with Gasteiger partial charge in [0.25, 0.3) is 0 Å². The molecule has 0 aliphatic carbocycles. The summed E-state index contributed by atoms with van der Waals surface area (Å²) in [5, 5.41) is 0. The van der Waals surface area contributed by atoms with Gasteiger partial charge in [-0.2, -0.15) is 0 Å². The molecule has 3 heteroatoms. The van der Waals surface area contributed by atoms with Gasteiger partial charge in [-0.15, -0.1) is 0 Å². The van der Waals surface area contributed by atoms with Crippen LogP contribution in [0.2, 0.25) is 0 Å². The van der Waals surface area contributed by atoms with Gasteiger partial charge >= 0.3 is 0 Å². The smallest absolute Gasteiger partial charge is 0.124 e. The standard InChI is InChI=1S/C15H26N2O/c1-4-18-15-11-6-5-9-13(15)14(17-16)10-7-8-12(2)3/h5-6,9,11-12,14,17H,4,7-8,10,16H2,1-3H3. The first-order chi connectivity index (χ1) is 8.69. The third-order valence-electron chi connectivity index (χ3n) is 3.07. The van der Waals surface area contributed by atoms with Gasteiger partial charge in [0.1, 0.15) is 5.75 Å². The SMILES string of the molecule is CCOc1ccccc1C(CCCC(C)C)NN. The number of hydrogen-bond donors (Lipinski definition) is 2. The van der Waals surface area contributed by atoms with Gasteiger partial charge in [0.2, 0.25) is 0 Å². The van der Waals surface area contributed by atoms with E-state index < -0.39 is 0 Å². The van der Waals surface area contributed by atoms with Crippen molar-refractivity contribution in [3.8, 4) is 5.75 Å². The largest absolute Gasteiger partial charge is 0.494 e. The fraction of sp³-hybridized carbons (Fsp3) is 0.600. The van der Waals surface area contributed by atoms with Crippen molar-refractivity contribution in [2.24, 2.45) is 11.8 Å². The van der Waals surface area contributed by atoms with Gasteiger partial charge in [-0.3, -0.25) is 11.3 Å². The van der Waals surface area contributed by atoms with Crippen molar-refractivity contribution in [1.29, 1.82) is 0 Å². The summed E-state index contributed by atoms with van der Waals surface area (Å²) in [7, 11) is 0. The Labute approximate surface area is 111 Å². The highest BCUT2D eigenvalue weighted by Crippen LogP contribution is 2.28. The maximum absolute atomic E-state index is 5.68. The van der Waals surface area contributed by atoms with Crippen LogP contribution in [0.1, 0.15) is 51.6 Å². The van der Waals surface area contributed by atoms with E-state index in [4.69, 9.17) is 10.6 Å². The molecule has 1 aromatic rings. The molecule has 0 heterocycles. The van der Waals surface area contributed by atoms with Crippen LogP contribution in [-0.4, -0.2) is 6.61 Å². The maximum atomic E-state index is 5.68. The quantitative estimate of drug-likeness (QED) is 0.549. The first-order valence-corrected chi connectivity index (χ1v) is 6.86. The maximum Gasteiger partial charge on any atom is 0.124 e. The lowest BCUT2D eigenvalue weighted by Crippen LogP contribution is -2.28. The van der Waals surface area contributed by atoms with E-state index in [1.807, 2.05) is 25.1 Å². The Kier molecular flexibility index (Phi) is 6.76. The van der Waals surface area contributed by atoms with Crippen molar-refractivity contribution < 1.29 is 4.74 Å². The van der Waals surface area contributed by atoms with E-state index in [9.17, 15) is 0 Å². The molecule has 0 saturated heterocycles. The van der Waals surface area contributed by atoms with Crippen LogP contribution in [0.4, 0.5) is 0 Å². The first kappa shape index (κ1) is 15.0. The van der Waals surface area contributed by atoms with E-state index in [-0.39, 0.29) is 6.04 Å². The van der Waals surface area contributed by atoms with Crippen LogP contribution in [0, 0.1) is 5.92 Å². The molecule has 1 aromatic carbocycles. The molecular weight excluding hydrogens is 224 g/mol. The summed E-state index contributed by atoms with van der Waals surface area (Å²) >= 11 is 0. The minimum Gasteiger partial charge on any atom is -0.494 e. The molecule has 1 unspecified atom stereocenters. The Hall–Kier alpha value is -1.06. The summed E-state index contributed by atoms with van der Waals surface area (Å²) in [5.41, 5.74) is 4.07. The van der Waals surface area contributed by atoms with Gasteiger partial charge in [0, 0.05) is 11.6 Å². The molecule has 18 heavy (non-hydrogen) atoms. The third-order valence-corrected chi connectivity index (χ3v) is 3.07. The Bertz CT molecular complexity index is 339. The van der Waals surface area contributed by atoms with Crippen LogP contribution >= 0.6 is 0 Å². The molecule has 102 valence electrons. The lowest BCUT2D eigenvalue weighted by Gasteiger charge is -2.20. The third kappa shape index (κ3) is 4.67. The van der Waals surface area contributed by atoms with Crippen molar-refractivity contribution in [2.45, 2.75) is 46.1 Å². The lowest BCUT2D eigenvalue weighted by molar-refractivity contribution is 0.328. The molecule has 1 rings (SSSR count). The number of para-hydroxylation sites is 1. The van der Waals surface area contributed by atoms with E-state index in [0.717, 1.165) is 23.7 Å². The van der Waals surface area contributed by atoms with Crippen LogP contribution in [0.3, 0.4) is 0 Å². The summed E-state index contributed by atoms with van der Waals surface area (Å²) in [5.74, 6) is 7.36. The molecule has 0 amide bonds. The zero-order valence-corrected chi connectivity index (χ0v) is 11.8. The predicted octanol–water partition coefficient (Wildman–Crippen LogP) is 3.42. The fourth-order valence-corrected chi connectivity index (χ4v) is 2.11. The molecule has 0 radical (unpaired) electrons. The second-order valence-corrected chi connectivity index (χ2v) is 5.01. The van der Waals surface area contributed by atoms with Gasteiger partial charge in [0.05, 0.1) is 6.61 Å². The molecule has 0 aromatic heterocycles. The molecule has 3 nitrogen and oxygen atoms in total. The molecule has 3 N–H and O–H groups in total. The van der Waals surface area contributed by atoms with E-state index in [0.29, 0.717) is 6.61 Å². The van der Waals surface area contributed by atoms with Crippen LogP contribution in [0.5, 0.6) is 5.75 Å². The van der Waals surface area contributed by atoms with Crippen molar-refractivity contribution in [1.82, 2.24) is 5.43 Å². The average Bonchev–Trinajstić information content (AvgIpc) is 2.36. The highest BCUT2D eigenvalue weighted by atomic mass is 16.5. The van der Waals surface area contributed by atoms with E-state index >= 15 is 0 Å². The Morgan fingerprint density at radius 1 is 1.22 bits per heavy atom. The Balaban J connectivity index is 2.68. The lowest BCUT2D eigenvalue weighted by atomic mass is 9.98. The second kappa shape index (κ2) is 8.11. The van der Waals surface area contributed by atoms with Gasteiger partial charge in [-0.1, -0.05) is 44.9 Å². The molecule has 1 atom stereocenters. The van der Waals surface area contributed by atoms with Crippen molar-refractivity contribution >= 4 is 0 Å². The zero-order chi connectivity index (χ0) is 13.4. The summed E-state index contributed by atoms with van der Waals surface area (Å²) in [6.07, 6.45) is 3.45. The van der Waals surface area contributed by atoms with Crippen LogP contribution < -0.4 is 16.0 Å². The minimum atomic E-state index is 0.173. The second-order valence-electron chi connectivity index (χ2n) is 5.01. The summed E-state index contributed by atoms with van der Waals surface area (Å²) in [4.78, 5) is 0. The van der Waals surface area contributed by atoms with Crippen molar-refractivity contribution in [3.05, 3.63) is 29.8 Å². The molecule has 0 aliphatic rings. The molecule has 0 aliphatic heterocycles. The van der Waals surface area contributed by atoms with Gasteiger partial charge < -0.3 is 4.74 Å². The highest BCUT2D eigenvalue weighted by Gasteiger charge is 2.14. The van der Waals surface area contributed by atoms with Gasteiger partial charge in [0.15, 0.2) is 0 Å². The Morgan fingerprint density at radius 3 is 2.56 bits per heavy atom. The molecule has 0 fully saturated rings. The highest BCUT2D eigenvalue weighted by molar-refractivity contribution is 5.35. The topological polar surface area (TPSA) is 47.3 Å². The number of ether oxygens (including phenoxy) is 1. The number of hydrogen-bond acceptors (Lipinski definition) is 3. The summed E-state index contributed by atoms with van der Waals surface area (Å²) in [6, 6.07) is 8.30. The number of rotatable bonds is 8. The van der Waals surface area contributed by atoms with E-state index in [2.05, 4.69) is 25.3 Å². The summed E-state index contributed by atoms with van der Waals surface area (Å²) in [6.45, 7) is 7.18. The zero-order valence-electron chi connectivity index (χ0n) is 11.8. The van der Waals surface area contributed by atoms with Crippen LogP contribution in [-0.2, 0) is 0 Å². The van der Waals surface area contributed by atoms with Crippen molar-refractivity contribution in [2.75, 3.05) is 6.61 Å². The van der Waals surface area contributed by atoms with Crippen LogP contribution in [0.25, 0.3) is 0 Å². The number of nitrogens with one attached hydrogen (secondary N) is 1. The fourth-order valence-electron chi connectivity index (χ4n) is 2.11. The average molecular weight is 250 g/mol. The predicted molar refractivity (Wildman–Crippen MR) is 76.4 cm³/mol. The summed E-state index contributed by atoms with van der Waals surface area (Å²) < 4.78 is 5.65. The van der Waals surface area contributed by atoms with Crippen molar-refractivity contribution in [3.63, 3.8) is 0 Å². The van der Waals surface area contributed by atoms with Gasteiger partial charge in [-0.25, -0.2) is 0 Å².